The minimum Gasteiger partial charge on any atom is -0.324 e. The molecule has 0 radical (unpaired) electrons. The Balaban J connectivity index is 1.85. The van der Waals surface area contributed by atoms with Gasteiger partial charge >= 0.3 is 0 Å². The third-order valence-electron chi connectivity index (χ3n) is 3.50. The monoisotopic (exact) mass is 405 g/mol. The van der Waals surface area contributed by atoms with E-state index in [-0.39, 0.29) is 18.0 Å². The lowest BCUT2D eigenvalue weighted by Crippen LogP contribution is -2.28. The van der Waals surface area contributed by atoms with E-state index in [0.717, 1.165) is 10.0 Å². The zero-order valence-corrected chi connectivity index (χ0v) is 15.1. The van der Waals surface area contributed by atoms with Crippen LogP contribution in [0.15, 0.2) is 52.0 Å². The number of nitrogens with zero attached hydrogens (tertiary/aromatic N) is 2. The molecule has 1 aromatic heterocycles. The van der Waals surface area contributed by atoms with Crippen molar-refractivity contribution in [3.8, 4) is 0 Å². The molecule has 0 atom stereocenters. The fourth-order valence-corrected chi connectivity index (χ4v) is 3.07. The molecule has 0 aliphatic carbocycles. The fraction of sp³-hybridized carbons (Fsp3) is 0.118. The predicted molar refractivity (Wildman–Crippen MR) is 98.5 cm³/mol. The maximum Gasteiger partial charge on any atom is 0.261 e. The van der Waals surface area contributed by atoms with E-state index in [1.54, 1.807) is 24.3 Å². The Labute approximate surface area is 151 Å². The first-order chi connectivity index (χ1) is 11.4. The van der Waals surface area contributed by atoms with Crippen molar-refractivity contribution in [2.75, 3.05) is 5.32 Å². The molecular formula is C17H13BrClN3O2. The molecule has 1 amide bonds. The number of amides is 1. The number of anilines is 1. The number of fused-ring (bicyclic) bond motifs is 1. The number of hydrogen-bond donors (Lipinski definition) is 1. The van der Waals surface area contributed by atoms with Crippen LogP contribution in [-0.4, -0.2) is 15.5 Å². The van der Waals surface area contributed by atoms with Crippen molar-refractivity contribution in [3.63, 3.8) is 0 Å². The van der Waals surface area contributed by atoms with Gasteiger partial charge in [-0.3, -0.25) is 14.2 Å². The average molecular weight is 407 g/mol. The van der Waals surface area contributed by atoms with Crippen LogP contribution in [0.2, 0.25) is 5.02 Å². The summed E-state index contributed by atoms with van der Waals surface area (Å²) in [6.45, 7) is 1.83. The Morgan fingerprint density at radius 1 is 1.29 bits per heavy atom. The van der Waals surface area contributed by atoms with E-state index in [0.29, 0.717) is 21.6 Å². The smallest absolute Gasteiger partial charge is 0.261 e. The molecule has 0 fully saturated rings. The fourth-order valence-electron chi connectivity index (χ4n) is 2.31. The lowest BCUT2D eigenvalue weighted by Gasteiger charge is -2.10. The first-order valence-electron chi connectivity index (χ1n) is 7.15. The molecule has 1 heterocycles. The van der Waals surface area contributed by atoms with E-state index in [2.05, 4.69) is 26.2 Å². The van der Waals surface area contributed by atoms with E-state index in [1.807, 2.05) is 19.1 Å². The number of aromatic nitrogens is 2. The van der Waals surface area contributed by atoms with Crippen LogP contribution >= 0.6 is 27.5 Å². The zero-order valence-electron chi connectivity index (χ0n) is 12.7. The lowest BCUT2D eigenvalue weighted by molar-refractivity contribution is -0.116. The second-order valence-electron chi connectivity index (χ2n) is 5.37. The van der Waals surface area contributed by atoms with Crippen LogP contribution in [0.1, 0.15) is 5.56 Å². The molecular weight excluding hydrogens is 394 g/mol. The maximum atomic E-state index is 12.5. The van der Waals surface area contributed by atoms with E-state index in [1.165, 1.54) is 10.9 Å². The van der Waals surface area contributed by atoms with Gasteiger partial charge in [-0.1, -0.05) is 17.7 Å². The van der Waals surface area contributed by atoms with Crippen LogP contribution < -0.4 is 10.9 Å². The molecule has 0 saturated heterocycles. The van der Waals surface area contributed by atoms with Gasteiger partial charge in [0.2, 0.25) is 5.91 Å². The van der Waals surface area contributed by atoms with Crippen molar-refractivity contribution in [3.05, 3.63) is 68.1 Å². The predicted octanol–water partition coefficient (Wildman–Crippen LogP) is 3.76. The minimum atomic E-state index is -0.315. The standard InChI is InChI=1S/C17H13BrClN3O2/c1-10-2-4-15(13(18)6-10)21-16(23)8-22-9-20-14-5-3-11(19)7-12(14)17(22)24/h2-7,9H,8H2,1H3,(H,21,23). The maximum absolute atomic E-state index is 12.5. The van der Waals surface area contributed by atoms with E-state index in [9.17, 15) is 9.59 Å². The minimum absolute atomic E-state index is 0.130. The van der Waals surface area contributed by atoms with Crippen LogP contribution in [-0.2, 0) is 11.3 Å². The van der Waals surface area contributed by atoms with Gasteiger partial charge in [-0.05, 0) is 58.7 Å². The summed E-state index contributed by atoms with van der Waals surface area (Å²) < 4.78 is 2.04. The number of nitrogens with one attached hydrogen (secondary N) is 1. The largest absolute Gasteiger partial charge is 0.324 e. The Hall–Kier alpha value is -2.18. The average Bonchev–Trinajstić information content (AvgIpc) is 2.53. The summed E-state index contributed by atoms with van der Waals surface area (Å²) in [6, 6.07) is 10.5. The second kappa shape index (κ2) is 6.75. The van der Waals surface area contributed by atoms with E-state index in [4.69, 9.17) is 11.6 Å². The van der Waals surface area contributed by atoms with Crippen molar-refractivity contribution < 1.29 is 4.79 Å². The Bertz CT molecular complexity index is 1000. The number of halogens is 2. The van der Waals surface area contributed by atoms with Gasteiger partial charge in [-0.25, -0.2) is 4.98 Å². The molecule has 24 heavy (non-hydrogen) atoms. The quantitative estimate of drug-likeness (QED) is 0.720. The molecule has 0 unspecified atom stereocenters. The van der Waals surface area contributed by atoms with Crippen LogP contribution in [0.25, 0.3) is 10.9 Å². The molecule has 0 spiro atoms. The number of benzene rings is 2. The topological polar surface area (TPSA) is 64.0 Å². The number of carbonyl (C=O) groups is 1. The van der Waals surface area contributed by atoms with Gasteiger partial charge in [-0.2, -0.15) is 0 Å². The van der Waals surface area contributed by atoms with Crippen molar-refractivity contribution in [2.24, 2.45) is 0 Å². The highest BCUT2D eigenvalue weighted by Crippen LogP contribution is 2.23. The van der Waals surface area contributed by atoms with Crippen molar-refractivity contribution in [2.45, 2.75) is 13.5 Å². The highest BCUT2D eigenvalue weighted by atomic mass is 79.9. The third-order valence-corrected chi connectivity index (χ3v) is 4.39. The Morgan fingerprint density at radius 3 is 2.83 bits per heavy atom. The van der Waals surface area contributed by atoms with Crippen molar-refractivity contribution >= 4 is 50.0 Å². The zero-order chi connectivity index (χ0) is 17.3. The molecule has 1 N–H and O–H groups in total. The normalized spacial score (nSPS) is 10.8. The summed E-state index contributed by atoms with van der Waals surface area (Å²) in [6.07, 6.45) is 1.36. The molecule has 122 valence electrons. The van der Waals surface area contributed by atoms with Gasteiger partial charge in [0.15, 0.2) is 0 Å². The first-order valence-corrected chi connectivity index (χ1v) is 8.32. The summed E-state index contributed by atoms with van der Waals surface area (Å²) in [5.74, 6) is -0.315. The molecule has 7 heteroatoms. The Morgan fingerprint density at radius 2 is 2.08 bits per heavy atom. The van der Waals surface area contributed by atoms with Crippen LogP contribution in [0, 0.1) is 6.92 Å². The van der Waals surface area contributed by atoms with E-state index >= 15 is 0 Å². The summed E-state index contributed by atoms with van der Waals surface area (Å²) in [5, 5.41) is 3.61. The summed E-state index contributed by atoms with van der Waals surface area (Å²) in [7, 11) is 0. The van der Waals surface area contributed by atoms with Gasteiger partial charge < -0.3 is 5.32 Å². The Kier molecular flexibility index (Phi) is 4.69. The summed E-state index contributed by atoms with van der Waals surface area (Å²) in [4.78, 5) is 28.9. The summed E-state index contributed by atoms with van der Waals surface area (Å²) in [5.41, 5.74) is 1.96. The van der Waals surface area contributed by atoms with Crippen molar-refractivity contribution in [1.29, 1.82) is 0 Å². The molecule has 0 aliphatic rings. The molecule has 2 aromatic carbocycles. The number of carbonyl (C=O) groups excluding carboxylic acids is 1. The summed E-state index contributed by atoms with van der Waals surface area (Å²) >= 11 is 9.33. The SMILES string of the molecule is Cc1ccc(NC(=O)Cn2cnc3ccc(Cl)cc3c2=O)c(Br)c1. The van der Waals surface area contributed by atoms with Crippen LogP contribution in [0.5, 0.6) is 0 Å². The highest BCUT2D eigenvalue weighted by molar-refractivity contribution is 9.10. The second-order valence-corrected chi connectivity index (χ2v) is 6.66. The number of rotatable bonds is 3. The van der Waals surface area contributed by atoms with Gasteiger partial charge in [0.1, 0.15) is 6.54 Å². The molecule has 0 bridgehead atoms. The highest BCUT2D eigenvalue weighted by Gasteiger charge is 2.10. The number of aryl methyl sites for hydroxylation is 1. The van der Waals surface area contributed by atoms with Crippen LogP contribution in [0.3, 0.4) is 0 Å². The lowest BCUT2D eigenvalue weighted by atomic mass is 10.2. The first kappa shape index (κ1) is 16.7. The molecule has 0 aliphatic heterocycles. The van der Waals surface area contributed by atoms with Crippen molar-refractivity contribution in [1.82, 2.24) is 9.55 Å². The number of hydrogen-bond acceptors (Lipinski definition) is 3. The molecule has 3 rings (SSSR count). The van der Waals surface area contributed by atoms with Gasteiger partial charge in [0, 0.05) is 9.50 Å². The van der Waals surface area contributed by atoms with Gasteiger partial charge in [0.05, 0.1) is 22.9 Å². The molecule has 0 saturated carbocycles. The van der Waals surface area contributed by atoms with Gasteiger partial charge in [-0.15, -0.1) is 0 Å². The van der Waals surface area contributed by atoms with Crippen LogP contribution in [0.4, 0.5) is 5.69 Å². The van der Waals surface area contributed by atoms with E-state index < -0.39 is 0 Å². The molecule has 5 nitrogen and oxygen atoms in total. The molecule has 3 aromatic rings. The third kappa shape index (κ3) is 3.49. The van der Waals surface area contributed by atoms with Gasteiger partial charge in [0.25, 0.3) is 5.56 Å².